The van der Waals surface area contributed by atoms with Crippen LogP contribution < -0.4 is 10.9 Å². The van der Waals surface area contributed by atoms with Crippen LogP contribution in [0.3, 0.4) is 0 Å². The number of esters is 1. The van der Waals surface area contributed by atoms with Gasteiger partial charge < -0.3 is 10.1 Å². The fourth-order valence-corrected chi connectivity index (χ4v) is 2.39. The zero-order valence-corrected chi connectivity index (χ0v) is 14.3. The van der Waals surface area contributed by atoms with Crippen molar-refractivity contribution in [1.82, 2.24) is 14.8 Å². The molecule has 0 radical (unpaired) electrons. The molecular formula is C19H18N4O3. The number of hydrogen-bond acceptors (Lipinski definition) is 6. The van der Waals surface area contributed by atoms with Crippen molar-refractivity contribution in [2.75, 3.05) is 11.9 Å². The molecule has 0 aliphatic carbocycles. The number of hydrogen-bond donors (Lipinski definition) is 1. The molecule has 26 heavy (non-hydrogen) atoms. The molecule has 0 fully saturated rings. The van der Waals surface area contributed by atoms with E-state index in [2.05, 4.69) is 15.4 Å². The first-order valence-corrected chi connectivity index (χ1v) is 8.18. The van der Waals surface area contributed by atoms with Gasteiger partial charge in [-0.3, -0.25) is 9.78 Å². The Morgan fingerprint density at radius 2 is 1.88 bits per heavy atom. The summed E-state index contributed by atoms with van der Waals surface area (Å²) in [6.45, 7) is 2.36. The smallest absolute Gasteiger partial charge is 0.360 e. The largest absolute Gasteiger partial charge is 0.461 e. The topological polar surface area (TPSA) is 86.1 Å². The van der Waals surface area contributed by atoms with Gasteiger partial charge in [0.15, 0.2) is 5.69 Å². The van der Waals surface area contributed by atoms with E-state index >= 15 is 0 Å². The summed E-state index contributed by atoms with van der Waals surface area (Å²) in [6, 6.07) is 14.0. The second kappa shape index (κ2) is 8.06. The number of carbonyl (C=O) groups is 1. The minimum Gasteiger partial charge on any atom is -0.461 e. The highest BCUT2D eigenvalue weighted by atomic mass is 16.5. The number of anilines is 1. The van der Waals surface area contributed by atoms with Gasteiger partial charge in [0, 0.05) is 25.0 Å². The summed E-state index contributed by atoms with van der Waals surface area (Å²) in [4.78, 5) is 28.8. The predicted octanol–water partition coefficient (Wildman–Crippen LogP) is 2.42. The van der Waals surface area contributed by atoms with Crippen molar-refractivity contribution >= 4 is 11.7 Å². The predicted molar refractivity (Wildman–Crippen MR) is 97.4 cm³/mol. The number of benzene rings is 1. The Labute approximate surface area is 150 Å². The van der Waals surface area contributed by atoms with Crippen molar-refractivity contribution in [1.29, 1.82) is 0 Å². The van der Waals surface area contributed by atoms with Crippen LogP contribution >= 0.6 is 0 Å². The Kier molecular flexibility index (Phi) is 5.38. The van der Waals surface area contributed by atoms with Gasteiger partial charge in [0.2, 0.25) is 0 Å². The second-order valence-corrected chi connectivity index (χ2v) is 5.42. The first-order valence-electron chi connectivity index (χ1n) is 8.18. The quantitative estimate of drug-likeness (QED) is 0.687. The number of rotatable bonds is 6. The Balaban J connectivity index is 1.98. The highest BCUT2D eigenvalue weighted by Gasteiger charge is 2.18. The summed E-state index contributed by atoms with van der Waals surface area (Å²) in [5.41, 5.74) is 1.58. The van der Waals surface area contributed by atoms with Crippen LogP contribution in [0.25, 0.3) is 5.69 Å². The van der Waals surface area contributed by atoms with Gasteiger partial charge in [0.05, 0.1) is 18.0 Å². The maximum Gasteiger partial charge on any atom is 0.360 e. The molecule has 0 amide bonds. The van der Waals surface area contributed by atoms with Crippen molar-refractivity contribution < 1.29 is 9.53 Å². The highest BCUT2D eigenvalue weighted by molar-refractivity contribution is 5.93. The van der Waals surface area contributed by atoms with Gasteiger partial charge in [0.25, 0.3) is 5.56 Å². The lowest BCUT2D eigenvalue weighted by Gasteiger charge is -2.13. The molecule has 0 unspecified atom stereocenters. The Morgan fingerprint density at radius 3 is 2.58 bits per heavy atom. The molecule has 0 aliphatic rings. The molecule has 3 rings (SSSR count). The van der Waals surface area contributed by atoms with Crippen LogP contribution in [0.4, 0.5) is 5.69 Å². The number of nitrogens with one attached hydrogen (secondary N) is 1. The fourth-order valence-electron chi connectivity index (χ4n) is 2.39. The molecule has 1 aromatic carbocycles. The molecule has 0 saturated heterocycles. The van der Waals surface area contributed by atoms with Gasteiger partial charge in [-0.15, -0.1) is 0 Å². The van der Waals surface area contributed by atoms with Gasteiger partial charge >= 0.3 is 5.97 Å². The molecule has 0 bridgehead atoms. The lowest BCUT2D eigenvalue weighted by atomic mass is 10.2. The van der Waals surface area contributed by atoms with E-state index in [4.69, 9.17) is 4.74 Å². The summed E-state index contributed by atoms with van der Waals surface area (Å²) in [5, 5.41) is 7.31. The van der Waals surface area contributed by atoms with E-state index in [1.807, 2.05) is 18.2 Å². The lowest BCUT2D eigenvalue weighted by Crippen LogP contribution is -2.25. The van der Waals surface area contributed by atoms with Crippen molar-refractivity contribution in [3.8, 4) is 5.69 Å². The molecule has 0 saturated carbocycles. The molecule has 2 aromatic heterocycles. The SMILES string of the molecule is CCOC(=O)c1nn(-c2ccccc2)c(=O)cc1NCc1ccncc1. The summed E-state index contributed by atoms with van der Waals surface area (Å²) < 4.78 is 6.27. The zero-order valence-electron chi connectivity index (χ0n) is 14.3. The first kappa shape index (κ1) is 17.3. The Morgan fingerprint density at radius 1 is 1.15 bits per heavy atom. The van der Waals surface area contributed by atoms with Crippen LogP contribution in [0.5, 0.6) is 0 Å². The minimum atomic E-state index is -0.589. The number of nitrogens with zero attached hydrogens (tertiary/aromatic N) is 3. The third kappa shape index (κ3) is 3.94. The minimum absolute atomic E-state index is 0.0596. The first-order chi connectivity index (χ1) is 12.7. The van der Waals surface area contributed by atoms with Gasteiger partial charge in [-0.1, -0.05) is 18.2 Å². The monoisotopic (exact) mass is 350 g/mol. The van der Waals surface area contributed by atoms with Crippen LogP contribution in [0, 0.1) is 0 Å². The van der Waals surface area contributed by atoms with E-state index in [0.717, 1.165) is 5.56 Å². The van der Waals surface area contributed by atoms with Crippen molar-refractivity contribution in [3.05, 3.63) is 82.5 Å². The molecule has 132 valence electrons. The molecule has 1 N–H and O–H groups in total. The molecule has 7 heteroatoms. The van der Waals surface area contributed by atoms with E-state index in [0.29, 0.717) is 17.9 Å². The van der Waals surface area contributed by atoms with E-state index in [-0.39, 0.29) is 17.9 Å². The highest BCUT2D eigenvalue weighted by Crippen LogP contribution is 2.15. The number of para-hydroxylation sites is 1. The summed E-state index contributed by atoms with van der Waals surface area (Å²) in [7, 11) is 0. The number of pyridine rings is 1. The van der Waals surface area contributed by atoms with E-state index in [9.17, 15) is 9.59 Å². The van der Waals surface area contributed by atoms with Gasteiger partial charge in [0.1, 0.15) is 0 Å². The Bertz CT molecular complexity index is 940. The number of ether oxygens (including phenoxy) is 1. The van der Waals surface area contributed by atoms with Crippen molar-refractivity contribution in [2.24, 2.45) is 0 Å². The van der Waals surface area contributed by atoms with Gasteiger partial charge in [-0.2, -0.15) is 9.78 Å². The summed E-state index contributed by atoms with van der Waals surface area (Å²) in [6.07, 6.45) is 3.35. The molecule has 3 aromatic rings. The normalized spacial score (nSPS) is 10.3. The maximum atomic E-state index is 12.5. The third-order valence-electron chi connectivity index (χ3n) is 3.63. The number of aromatic nitrogens is 3. The Hall–Kier alpha value is -3.48. The molecule has 0 spiro atoms. The molecular weight excluding hydrogens is 332 g/mol. The lowest BCUT2D eigenvalue weighted by molar-refractivity contribution is 0.0518. The average molecular weight is 350 g/mol. The van der Waals surface area contributed by atoms with Crippen LogP contribution in [0.15, 0.2) is 65.7 Å². The van der Waals surface area contributed by atoms with Crippen molar-refractivity contribution in [3.63, 3.8) is 0 Å². The second-order valence-electron chi connectivity index (χ2n) is 5.42. The van der Waals surface area contributed by atoms with Crippen molar-refractivity contribution in [2.45, 2.75) is 13.5 Å². The number of carbonyl (C=O) groups excluding carboxylic acids is 1. The zero-order chi connectivity index (χ0) is 18.4. The molecule has 7 nitrogen and oxygen atoms in total. The average Bonchev–Trinajstić information content (AvgIpc) is 2.68. The van der Waals surface area contributed by atoms with Gasteiger partial charge in [-0.25, -0.2) is 4.79 Å². The summed E-state index contributed by atoms with van der Waals surface area (Å²) >= 11 is 0. The molecule has 0 atom stereocenters. The van der Waals surface area contributed by atoms with Gasteiger partial charge in [-0.05, 0) is 36.8 Å². The molecule has 2 heterocycles. The van der Waals surface area contributed by atoms with Crippen LogP contribution in [0.2, 0.25) is 0 Å². The maximum absolute atomic E-state index is 12.5. The van der Waals surface area contributed by atoms with E-state index < -0.39 is 5.97 Å². The van der Waals surface area contributed by atoms with Crippen LogP contribution in [0.1, 0.15) is 23.0 Å². The van der Waals surface area contributed by atoms with Crippen LogP contribution in [-0.2, 0) is 11.3 Å². The van der Waals surface area contributed by atoms with Crippen LogP contribution in [-0.4, -0.2) is 27.3 Å². The third-order valence-corrected chi connectivity index (χ3v) is 3.63. The molecule has 0 aliphatic heterocycles. The fraction of sp³-hybridized carbons (Fsp3) is 0.158. The summed E-state index contributed by atoms with van der Waals surface area (Å²) in [5.74, 6) is -0.589. The van der Waals surface area contributed by atoms with E-state index in [1.165, 1.54) is 10.7 Å². The van der Waals surface area contributed by atoms with E-state index in [1.54, 1.807) is 43.6 Å². The standard InChI is InChI=1S/C19H18N4O3/c1-2-26-19(25)18-16(21-13-14-8-10-20-11-9-14)12-17(24)23(22-18)15-6-4-3-5-7-15/h3-12,21H,2,13H2,1H3.